The van der Waals surface area contributed by atoms with Gasteiger partial charge in [-0.3, -0.25) is 0 Å². The Bertz CT molecular complexity index is 293. The van der Waals surface area contributed by atoms with Crippen LogP contribution in [0.15, 0.2) is 0 Å². The average Bonchev–Trinajstić information content (AvgIpc) is 2.85. The van der Waals surface area contributed by atoms with Crippen LogP contribution in [0.25, 0.3) is 0 Å². The number of piperidine rings is 1. The molecule has 1 aliphatic carbocycles. The molecule has 116 valence electrons. The highest BCUT2D eigenvalue weighted by atomic mass is 16.5. The largest absolute Gasteiger partial charge is 0.370 e. The minimum Gasteiger partial charge on any atom is -0.370 e. The maximum atomic E-state index is 6.51. The number of hydrogen-bond donors (Lipinski definition) is 1. The summed E-state index contributed by atoms with van der Waals surface area (Å²) in [6, 6.07) is 0.755. The molecule has 3 fully saturated rings. The molecular weight excluding hydrogens is 248 g/mol. The quantitative estimate of drug-likeness (QED) is 0.857. The van der Waals surface area contributed by atoms with Crippen molar-refractivity contribution in [3.8, 4) is 0 Å². The standard InChI is InChI=1S/C17H32N2O/c1-2-18-15-7-12-19(13-8-15)14-16-6-11-17(20-16)9-4-3-5-10-17/h15-16,18H,2-14H2,1H3. The summed E-state index contributed by atoms with van der Waals surface area (Å²) in [4.78, 5) is 2.64. The van der Waals surface area contributed by atoms with Crippen LogP contribution in [-0.4, -0.2) is 48.8 Å². The van der Waals surface area contributed by atoms with Gasteiger partial charge in [-0.1, -0.05) is 26.2 Å². The van der Waals surface area contributed by atoms with Gasteiger partial charge in [-0.05, 0) is 58.2 Å². The van der Waals surface area contributed by atoms with Gasteiger partial charge in [0.25, 0.3) is 0 Å². The lowest BCUT2D eigenvalue weighted by molar-refractivity contribution is -0.0732. The van der Waals surface area contributed by atoms with Crippen LogP contribution in [0.4, 0.5) is 0 Å². The maximum absolute atomic E-state index is 6.51. The van der Waals surface area contributed by atoms with E-state index >= 15 is 0 Å². The van der Waals surface area contributed by atoms with Crippen LogP contribution >= 0.6 is 0 Å². The van der Waals surface area contributed by atoms with Crippen molar-refractivity contribution in [2.75, 3.05) is 26.2 Å². The lowest BCUT2D eigenvalue weighted by Gasteiger charge is -2.36. The first kappa shape index (κ1) is 14.8. The van der Waals surface area contributed by atoms with Crippen LogP contribution in [0.5, 0.6) is 0 Å². The van der Waals surface area contributed by atoms with Crippen LogP contribution in [0.1, 0.15) is 64.7 Å². The van der Waals surface area contributed by atoms with Crippen LogP contribution in [0.3, 0.4) is 0 Å². The van der Waals surface area contributed by atoms with E-state index in [0.29, 0.717) is 11.7 Å². The summed E-state index contributed by atoms with van der Waals surface area (Å²) in [5.41, 5.74) is 0.297. The van der Waals surface area contributed by atoms with Crippen molar-refractivity contribution in [3.63, 3.8) is 0 Å². The minimum atomic E-state index is 0.297. The Kier molecular flexibility index (Phi) is 5.00. The smallest absolute Gasteiger partial charge is 0.0710 e. The van der Waals surface area contributed by atoms with Gasteiger partial charge >= 0.3 is 0 Å². The molecule has 0 radical (unpaired) electrons. The third-order valence-electron chi connectivity index (χ3n) is 5.65. The van der Waals surface area contributed by atoms with E-state index in [2.05, 4.69) is 17.1 Å². The Morgan fingerprint density at radius 3 is 2.50 bits per heavy atom. The van der Waals surface area contributed by atoms with Gasteiger partial charge in [0.1, 0.15) is 0 Å². The fourth-order valence-corrected chi connectivity index (χ4v) is 4.48. The second-order valence-corrected chi connectivity index (χ2v) is 7.15. The first-order valence-corrected chi connectivity index (χ1v) is 8.93. The molecular formula is C17H32N2O. The second-order valence-electron chi connectivity index (χ2n) is 7.15. The molecule has 0 aromatic rings. The van der Waals surface area contributed by atoms with E-state index in [4.69, 9.17) is 4.74 Å². The van der Waals surface area contributed by atoms with Crippen LogP contribution < -0.4 is 5.32 Å². The number of nitrogens with zero attached hydrogens (tertiary/aromatic N) is 1. The predicted molar refractivity (Wildman–Crippen MR) is 83.1 cm³/mol. The highest BCUT2D eigenvalue weighted by molar-refractivity contribution is 4.92. The van der Waals surface area contributed by atoms with Crippen molar-refractivity contribution in [3.05, 3.63) is 0 Å². The maximum Gasteiger partial charge on any atom is 0.0710 e. The molecule has 20 heavy (non-hydrogen) atoms. The predicted octanol–water partition coefficient (Wildman–Crippen LogP) is 2.94. The molecule has 1 saturated carbocycles. The molecule has 0 bridgehead atoms. The van der Waals surface area contributed by atoms with Gasteiger partial charge in [0.2, 0.25) is 0 Å². The minimum absolute atomic E-state index is 0.297. The SMILES string of the molecule is CCNC1CCN(CC2CCC3(CCCCC3)O2)CC1. The molecule has 0 amide bonds. The topological polar surface area (TPSA) is 24.5 Å². The molecule has 0 aromatic carbocycles. The summed E-state index contributed by atoms with van der Waals surface area (Å²) >= 11 is 0. The van der Waals surface area contributed by atoms with Crippen LogP contribution in [-0.2, 0) is 4.74 Å². The molecule has 0 aromatic heterocycles. The number of nitrogens with one attached hydrogen (secondary N) is 1. The third-order valence-corrected chi connectivity index (χ3v) is 5.65. The number of ether oxygens (including phenoxy) is 1. The molecule has 1 N–H and O–H groups in total. The Balaban J connectivity index is 1.41. The van der Waals surface area contributed by atoms with E-state index in [-0.39, 0.29) is 0 Å². The monoisotopic (exact) mass is 280 g/mol. The molecule has 3 aliphatic rings. The summed E-state index contributed by atoms with van der Waals surface area (Å²) in [5, 5.41) is 3.59. The molecule has 1 atom stereocenters. The first-order valence-electron chi connectivity index (χ1n) is 8.93. The van der Waals surface area contributed by atoms with E-state index < -0.39 is 0 Å². The highest BCUT2D eigenvalue weighted by Crippen LogP contribution is 2.42. The van der Waals surface area contributed by atoms with Gasteiger partial charge < -0.3 is 15.0 Å². The molecule has 3 rings (SSSR count). The van der Waals surface area contributed by atoms with Crippen molar-refractivity contribution >= 4 is 0 Å². The van der Waals surface area contributed by atoms with Crippen molar-refractivity contribution in [1.82, 2.24) is 10.2 Å². The van der Waals surface area contributed by atoms with Crippen LogP contribution in [0, 0.1) is 0 Å². The summed E-state index contributed by atoms with van der Waals surface area (Å²) < 4.78 is 6.51. The van der Waals surface area contributed by atoms with Gasteiger partial charge in [0, 0.05) is 12.6 Å². The molecule has 3 heteroatoms. The lowest BCUT2D eigenvalue weighted by atomic mass is 9.83. The Morgan fingerprint density at radius 2 is 1.80 bits per heavy atom. The van der Waals surface area contributed by atoms with E-state index in [1.807, 2.05) is 0 Å². The summed E-state index contributed by atoms with van der Waals surface area (Å²) in [5.74, 6) is 0. The van der Waals surface area contributed by atoms with Gasteiger partial charge in [-0.2, -0.15) is 0 Å². The molecule has 1 unspecified atom stereocenters. The zero-order valence-electron chi connectivity index (χ0n) is 13.2. The lowest BCUT2D eigenvalue weighted by Crippen LogP contribution is -2.45. The van der Waals surface area contributed by atoms with Gasteiger partial charge in [0.15, 0.2) is 0 Å². The van der Waals surface area contributed by atoms with Gasteiger partial charge in [-0.25, -0.2) is 0 Å². The fourth-order valence-electron chi connectivity index (χ4n) is 4.48. The van der Waals surface area contributed by atoms with E-state index in [9.17, 15) is 0 Å². The zero-order valence-corrected chi connectivity index (χ0v) is 13.2. The van der Waals surface area contributed by atoms with Crippen molar-refractivity contribution < 1.29 is 4.74 Å². The normalized spacial score (nSPS) is 31.9. The van der Waals surface area contributed by atoms with Crippen molar-refractivity contribution in [1.29, 1.82) is 0 Å². The molecule has 3 nitrogen and oxygen atoms in total. The van der Waals surface area contributed by atoms with E-state index in [1.165, 1.54) is 77.4 Å². The van der Waals surface area contributed by atoms with E-state index in [0.717, 1.165) is 12.6 Å². The summed E-state index contributed by atoms with van der Waals surface area (Å²) in [6.07, 6.45) is 12.6. The zero-order chi connectivity index (χ0) is 13.8. The number of likely N-dealkylation sites (tertiary alicyclic amines) is 1. The van der Waals surface area contributed by atoms with Gasteiger partial charge in [0.05, 0.1) is 11.7 Å². The summed E-state index contributed by atoms with van der Waals surface area (Å²) in [6.45, 7) is 7.01. The first-order chi connectivity index (χ1) is 9.80. The van der Waals surface area contributed by atoms with Crippen molar-refractivity contribution in [2.24, 2.45) is 0 Å². The molecule has 2 saturated heterocycles. The number of rotatable bonds is 4. The number of hydrogen-bond acceptors (Lipinski definition) is 3. The Labute approximate surface area is 124 Å². The average molecular weight is 280 g/mol. The molecule has 2 heterocycles. The summed E-state index contributed by atoms with van der Waals surface area (Å²) in [7, 11) is 0. The van der Waals surface area contributed by atoms with E-state index in [1.54, 1.807) is 0 Å². The fraction of sp³-hybridized carbons (Fsp3) is 1.00. The Hall–Kier alpha value is -0.120. The van der Waals surface area contributed by atoms with Crippen molar-refractivity contribution in [2.45, 2.75) is 82.5 Å². The molecule has 1 spiro atoms. The third kappa shape index (κ3) is 3.55. The highest BCUT2D eigenvalue weighted by Gasteiger charge is 2.41. The van der Waals surface area contributed by atoms with Gasteiger partial charge in [-0.15, -0.1) is 0 Å². The molecule has 2 aliphatic heterocycles. The van der Waals surface area contributed by atoms with Crippen LogP contribution in [0.2, 0.25) is 0 Å². The second kappa shape index (κ2) is 6.76. The Morgan fingerprint density at radius 1 is 1.05 bits per heavy atom.